The number of anilines is 1. The van der Waals surface area contributed by atoms with E-state index in [1.807, 2.05) is 0 Å². The molecule has 3 atom stereocenters. The minimum Gasteiger partial charge on any atom is -0.398 e. The molecule has 1 fully saturated rings. The lowest BCUT2D eigenvalue weighted by molar-refractivity contribution is 0.0911. The van der Waals surface area contributed by atoms with Crippen molar-refractivity contribution >= 4 is 11.6 Å². The summed E-state index contributed by atoms with van der Waals surface area (Å²) < 4.78 is 0. The van der Waals surface area contributed by atoms with Gasteiger partial charge in [-0.05, 0) is 37.2 Å². The summed E-state index contributed by atoms with van der Waals surface area (Å²) in [4.78, 5) is 16.0. The summed E-state index contributed by atoms with van der Waals surface area (Å²) in [6.07, 6.45) is 6.40. The van der Waals surface area contributed by atoms with Crippen molar-refractivity contribution in [3.63, 3.8) is 0 Å². The van der Waals surface area contributed by atoms with E-state index < -0.39 is 0 Å². The molecular formula is C14H21N3O. The van der Waals surface area contributed by atoms with Crippen molar-refractivity contribution in [1.29, 1.82) is 0 Å². The fourth-order valence-corrected chi connectivity index (χ4v) is 2.54. The van der Waals surface area contributed by atoms with E-state index in [0.717, 1.165) is 18.8 Å². The smallest absolute Gasteiger partial charge is 0.255 e. The van der Waals surface area contributed by atoms with Crippen LogP contribution < -0.4 is 11.1 Å². The molecule has 3 unspecified atom stereocenters. The zero-order chi connectivity index (χ0) is 13.1. The molecule has 0 saturated heterocycles. The lowest BCUT2D eigenvalue weighted by Gasteiger charge is -2.32. The van der Waals surface area contributed by atoms with Crippen molar-refractivity contribution in [2.45, 2.75) is 39.2 Å². The van der Waals surface area contributed by atoms with Gasteiger partial charge in [0, 0.05) is 24.1 Å². The number of nitrogen functional groups attached to an aromatic ring is 1. The Morgan fingerprint density at radius 2 is 2.17 bits per heavy atom. The second kappa shape index (κ2) is 5.38. The van der Waals surface area contributed by atoms with Crippen LogP contribution in [0.1, 0.15) is 43.5 Å². The number of nitrogens with two attached hydrogens (primary N) is 1. The quantitative estimate of drug-likeness (QED) is 0.842. The molecule has 18 heavy (non-hydrogen) atoms. The van der Waals surface area contributed by atoms with Gasteiger partial charge in [0.05, 0.1) is 5.56 Å². The molecule has 1 aromatic heterocycles. The fraction of sp³-hybridized carbons (Fsp3) is 0.571. The number of hydrogen-bond donors (Lipinski definition) is 2. The second-order valence-corrected chi connectivity index (χ2v) is 5.40. The summed E-state index contributed by atoms with van der Waals surface area (Å²) >= 11 is 0. The zero-order valence-corrected chi connectivity index (χ0v) is 11.0. The maximum Gasteiger partial charge on any atom is 0.255 e. The highest BCUT2D eigenvalue weighted by Gasteiger charge is 2.26. The van der Waals surface area contributed by atoms with Crippen LogP contribution in [0.3, 0.4) is 0 Å². The summed E-state index contributed by atoms with van der Waals surface area (Å²) in [5.74, 6) is 1.31. The summed E-state index contributed by atoms with van der Waals surface area (Å²) in [6.45, 7) is 4.53. The van der Waals surface area contributed by atoms with Crippen LogP contribution in [-0.4, -0.2) is 16.9 Å². The average Bonchev–Trinajstić information content (AvgIpc) is 2.34. The first kappa shape index (κ1) is 12.9. The molecule has 2 rings (SSSR count). The van der Waals surface area contributed by atoms with Gasteiger partial charge in [-0.25, -0.2) is 0 Å². The van der Waals surface area contributed by atoms with Gasteiger partial charge in [0.25, 0.3) is 5.91 Å². The van der Waals surface area contributed by atoms with Gasteiger partial charge in [0.15, 0.2) is 0 Å². The number of carbonyl (C=O) groups is 1. The number of rotatable bonds is 2. The minimum absolute atomic E-state index is 0.104. The number of nitrogens with one attached hydrogen (secondary N) is 1. The molecule has 0 spiro atoms. The van der Waals surface area contributed by atoms with Crippen LogP contribution >= 0.6 is 0 Å². The SMILES string of the molecule is CC1CCC(NC(=O)c2cnccc2N)CC1C. The Hall–Kier alpha value is -1.58. The van der Waals surface area contributed by atoms with Gasteiger partial charge >= 0.3 is 0 Å². The van der Waals surface area contributed by atoms with E-state index in [4.69, 9.17) is 5.73 Å². The summed E-state index contributed by atoms with van der Waals surface area (Å²) in [5.41, 5.74) is 6.74. The van der Waals surface area contributed by atoms with Crippen molar-refractivity contribution < 1.29 is 4.79 Å². The van der Waals surface area contributed by atoms with Crippen molar-refractivity contribution in [2.75, 3.05) is 5.73 Å². The van der Waals surface area contributed by atoms with E-state index in [9.17, 15) is 4.79 Å². The molecule has 0 aliphatic heterocycles. The first-order chi connectivity index (χ1) is 8.58. The Morgan fingerprint density at radius 1 is 1.39 bits per heavy atom. The third kappa shape index (κ3) is 2.81. The average molecular weight is 247 g/mol. The van der Waals surface area contributed by atoms with E-state index in [-0.39, 0.29) is 11.9 Å². The van der Waals surface area contributed by atoms with Crippen molar-refractivity contribution in [1.82, 2.24) is 10.3 Å². The Labute approximate surface area is 108 Å². The van der Waals surface area contributed by atoms with Crippen molar-refractivity contribution in [2.24, 2.45) is 11.8 Å². The summed E-state index contributed by atoms with van der Waals surface area (Å²) in [6, 6.07) is 1.92. The highest BCUT2D eigenvalue weighted by molar-refractivity contribution is 5.98. The molecule has 1 amide bonds. The molecule has 0 aromatic carbocycles. The van der Waals surface area contributed by atoms with Crippen LogP contribution in [0.5, 0.6) is 0 Å². The molecule has 1 heterocycles. The molecule has 1 aliphatic rings. The van der Waals surface area contributed by atoms with Crippen LogP contribution in [0.2, 0.25) is 0 Å². The third-order valence-corrected chi connectivity index (χ3v) is 4.03. The van der Waals surface area contributed by atoms with Gasteiger partial charge in [-0.1, -0.05) is 13.8 Å². The first-order valence-corrected chi connectivity index (χ1v) is 6.58. The number of amides is 1. The van der Waals surface area contributed by atoms with E-state index in [1.165, 1.54) is 12.6 Å². The summed E-state index contributed by atoms with van der Waals surface area (Å²) in [7, 11) is 0. The predicted octanol–water partition coefficient (Wildman–Crippen LogP) is 2.22. The van der Waals surface area contributed by atoms with Gasteiger partial charge in [0.1, 0.15) is 0 Å². The van der Waals surface area contributed by atoms with Gasteiger partial charge in [-0.2, -0.15) is 0 Å². The normalized spacial score (nSPS) is 27.8. The van der Waals surface area contributed by atoms with Crippen LogP contribution in [-0.2, 0) is 0 Å². The maximum absolute atomic E-state index is 12.1. The minimum atomic E-state index is -0.104. The molecule has 1 saturated carbocycles. The van der Waals surface area contributed by atoms with Gasteiger partial charge in [-0.15, -0.1) is 0 Å². The Bertz CT molecular complexity index is 433. The molecule has 4 heteroatoms. The lowest BCUT2D eigenvalue weighted by atomic mass is 9.79. The maximum atomic E-state index is 12.1. The predicted molar refractivity (Wildman–Crippen MR) is 72.1 cm³/mol. The van der Waals surface area contributed by atoms with Crippen LogP contribution in [0, 0.1) is 11.8 Å². The number of pyridine rings is 1. The Balaban J connectivity index is 1.98. The van der Waals surface area contributed by atoms with E-state index in [1.54, 1.807) is 12.3 Å². The van der Waals surface area contributed by atoms with E-state index >= 15 is 0 Å². The topological polar surface area (TPSA) is 68.0 Å². The largest absolute Gasteiger partial charge is 0.398 e. The van der Waals surface area contributed by atoms with Crippen LogP contribution in [0.4, 0.5) is 5.69 Å². The molecule has 98 valence electrons. The zero-order valence-electron chi connectivity index (χ0n) is 11.0. The standard InChI is InChI=1S/C14H21N3O/c1-9-3-4-11(7-10(9)2)17-14(18)12-8-16-6-5-13(12)15/h5-6,8-11H,3-4,7H2,1-2H3,(H2,15,16)(H,17,18). The van der Waals surface area contributed by atoms with Gasteiger partial charge in [0.2, 0.25) is 0 Å². The molecular weight excluding hydrogens is 226 g/mol. The Morgan fingerprint density at radius 3 is 2.83 bits per heavy atom. The van der Waals surface area contributed by atoms with E-state index in [2.05, 4.69) is 24.1 Å². The van der Waals surface area contributed by atoms with E-state index in [0.29, 0.717) is 17.2 Å². The third-order valence-electron chi connectivity index (χ3n) is 4.03. The van der Waals surface area contributed by atoms with Crippen molar-refractivity contribution in [3.8, 4) is 0 Å². The Kier molecular flexibility index (Phi) is 3.84. The molecule has 0 bridgehead atoms. The van der Waals surface area contributed by atoms with Crippen LogP contribution in [0.25, 0.3) is 0 Å². The monoisotopic (exact) mass is 247 g/mol. The number of hydrogen-bond acceptors (Lipinski definition) is 3. The molecule has 3 N–H and O–H groups in total. The highest BCUT2D eigenvalue weighted by atomic mass is 16.1. The number of nitrogens with zero attached hydrogens (tertiary/aromatic N) is 1. The molecule has 1 aromatic rings. The molecule has 1 aliphatic carbocycles. The molecule has 4 nitrogen and oxygen atoms in total. The highest BCUT2D eigenvalue weighted by Crippen LogP contribution is 2.29. The molecule has 0 radical (unpaired) electrons. The van der Waals surface area contributed by atoms with Gasteiger partial charge < -0.3 is 11.1 Å². The summed E-state index contributed by atoms with van der Waals surface area (Å²) in [5, 5.41) is 3.07. The van der Waals surface area contributed by atoms with Crippen LogP contribution in [0.15, 0.2) is 18.5 Å². The lowest BCUT2D eigenvalue weighted by Crippen LogP contribution is -2.40. The van der Waals surface area contributed by atoms with Gasteiger partial charge in [-0.3, -0.25) is 9.78 Å². The fourth-order valence-electron chi connectivity index (χ4n) is 2.54. The number of aromatic nitrogens is 1. The number of carbonyl (C=O) groups excluding carboxylic acids is 1. The first-order valence-electron chi connectivity index (χ1n) is 6.58. The van der Waals surface area contributed by atoms with Crippen molar-refractivity contribution in [3.05, 3.63) is 24.0 Å². The second-order valence-electron chi connectivity index (χ2n) is 5.40.